The Hall–Kier alpha value is -3.99. The molecule has 4 aromatic rings. The first-order valence-corrected chi connectivity index (χ1v) is 10.0. The van der Waals surface area contributed by atoms with E-state index in [2.05, 4.69) is 10.3 Å². The van der Waals surface area contributed by atoms with Crippen LogP contribution < -0.4 is 5.32 Å². The summed E-state index contributed by atoms with van der Waals surface area (Å²) in [7, 11) is 0. The van der Waals surface area contributed by atoms with Crippen LogP contribution in [0.2, 0.25) is 0 Å². The third-order valence-corrected chi connectivity index (χ3v) is 4.97. The molecule has 0 bridgehead atoms. The molecule has 5 heteroatoms. The van der Waals surface area contributed by atoms with Gasteiger partial charge in [0.1, 0.15) is 0 Å². The average Bonchev–Trinajstić information content (AvgIpc) is 2.81. The van der Waals surface area contributed by atoms with Gasteiger partial charge >= 0.3 is 5.97 Å². The summed E-state index contributed by atoms with van der Waals surface area (Å²) in [5.74, 6) is -0.922. The Morgan fingerprint density at radius 1 is 0.871 bits per heavy atom. The predicted molar refractivity (Wildman–Crippen MR) is 120 cm³/mol. The molecule has 0 atom stereocenters. The average molecular weight is 410 g/mol. The molecule has 1 aromatic heterocycles. The van der Waals surface area contributed by atoms with Crippen LogP contribution in [-0.2, 0) is 9.53 Å². The van der Waals surface area contributed by atoms with E-state index in [1.54, 1.807) is 6.07 Å². The van der Waals surface area contributed by atoms with Gasteiger partial charge in [0.2, 0.25) is 0 Å². The Bertz CT molecular complexity index is 1170. The summed E-state index contributed by atoms with van der Waals surface area (Å²) >= 11 is 0. The minimum Gasteiger partial charge on any atom is -0.452 e. The van der Waals surface area contributed by atoms with Crippen LogP contribution in [-0.4, -0.2) is 23.5 Å². The summed E-state index contributed by atoms with van der Waals surface area (Å²) < 4.78 is 5.35. The van der Waals surface area contributed by atoms with Crippen LogP contribution in [0, 0.1) is 6.92 Å². The lowest BCUT2D eigenvalue weighted by Gasteiger charge is -2.20. The molecule has 1 heterocycles. The van der Waals surface area contributed by atoms with Crippen molar-refractivity contribution >= 4 is 22.8 Å². The number of hydrogen-bond acceptors (Lipinski definition) is 4. The number of ether oxygens (including phenoxy) is 1. The number of carbonyl (C=O) groups is 2. The van der Waals surface area contributed by atoms with Crippen molar-refractivity contribution in [2.75, 3.05) is 6.61 Å². The fraction of sp³-hybridized carbons (Fsp3) is 0.115. The van der Waals surface area contributed by atoms with Crippen molar-refractivity contribution in [2.24, 2.45) is 0 Å². The smallest absolute Gasteiger partial charge is 0.339 e. The van der Waals surface area contributed by atoms with E-state index in [1.165, 1.54) is 0 Å². The van der Waals surface area contributed by atoms with E-state index >= 15 is 0 Å². The Morgan fingerprint density at radius 3 is 2.10 bits per heavy atom. The molecule has 154 valence electrons. The molecule has 0 saturated heterocycles. The molecule has 5 nitrogen and oxygen atoms in total. The highest BCUT2D eigenvalue weighted by Crippen LogP contribution is 2.22. The van der Waals surface area contributed by atoms with Crippen LogP contribution in [0.15, 0.2) is 91.0 Å². The first kappa shape index (κ1) is 20.3. The van der Waals surface area contributed by atoms with Crippen LogP contribution in [0.3, 0.4) is 0 Å². The summed E-state index contributed by atoms with van der Waals surface area (Å²) in [6.45, 7) is 1.45. The van der Waals surface area contributed by atoms with Gasteiger partial charge in [-0.2, -0.15) is 0 Å². The lowest BCUT2D eigenvalue weighted by atomic mass is 9.99. The highest BCUT2D eigenvalue weighted by atomic mass is 16.5. The van der Waals surface area contributed by atoms with E-state index in [0.29, 0.717) is 22.2 Å². The molecule has 0 unspecified atom stereocenters. The van der Waals surface area contributed by atoms with Crippen molar-refractivity contribution < 1.29 is 14.3 Å². The molecule has 31 heavy (non-hydrogen) atoms. The molecule has 0 saturated carbocycles. The summed E-state index contributed by atoms with van der Waals surface area (Å²) in [5, 5.41) is 3.68. The Kier molecular flexibility index (Phi) is 6.03. The van der Waals surface area contributed by atoms with Crippen LogP contribution in [0.4, 0.5) is 0 Å². The molecule has 0 aliphatic rings. The number of para-hydroxylation sites is 1. The zero-order chi connectivity index (χ0) is 21.6. The van der Waals surface area contributed by atoms with E-state index in [-0.39, 0.29) is 18.6 Å². The second-order valence-electron chi connectivity index (χ2n) is 7.23. The standard InChI is InChI=1S/C26H22N2O3/c1-18-16-22(21-14-8-9-15-23(21)27-18)26(30)31-17-24(29)28-25(19-10-4-2-5-11-19)20-12-6-3-7-13-20/h2-16,25H,17H2,1H3,(H,28,29). The van der Waals surface area contributed by atoms with Gasteiger partial charge in [-0.1, -0.05) is 78.9 Å². The molecule has 1 N–H and O–H groups in total. The fourth-order valence-corrected chi connectivity index (χ4v) is 3.54. The van der Waals surface area contributed by atoms with Gasteiger partial charge in [-0.05, 0) is 30.2 Å². The summed E-state index contributed by atoms with van der Waals surface area (Å²) in [6, 6.07) is 28.1. The Labute approximate surface area is 180 Å². The molecule has 0 aliphatic carbocycles. The zero-order valence-electron chi connectivity index (χ0n) is 17.1. The van der Waals surface area contributed by atoms with Crippen LogP contribution in [0.5, 0.6) is 0 Å². The van der Waals surface area contributed by atoms with Crippen molar-refractivity contribution in [3.63, 3.8) is 0 Å². The maximum absolute atomic E-state index is 12.7. The molecule has 0 fully saturated rings. The van der Waals surface area contributed by atoms with Gasteiger partial charge in [-0.15, -0.1) is 0 Å². The molecule has 0 aliphatic heterocycles. The van der Waals surface area contributed by atoms with E-state index in [0.717, 1.165) is 11.1 Å². The number of nitrogens with one attached hydrogen (secondary N) is 1. The van der Waals surface area contributed by atoms with Crippen molar-refractivity contribution in [3.8, 4) is 0 Å². The fourth-order valence-electron chi connectivity index (χ4n) is 3.54. The SMILES string of the molecule is Cc1cc(C(=O)OCC(=O)NC(c2ccccc2)c2ccccc2)c2ccccc2n1. The number of benzene rings is 3. The van der Waals surface area contributed by atoms with Gasteiger partial charge in [0.15, 0.2) is 6.61 Å². The number of aryl methyl sites for hydroxylation is 1. The van der Waals surface area contributed by atoms with Gasteiger partial charge in [-0.3, -0.25) is 9.78 Å². The number of aromatic nitrogens is 1. The molecule has 4 rings (SSSR count). The third-order valence-electron chi connectivity index (χ3n) is 4.97. The maximum atomic E-state index is 12.7. The first-order valence-electron chi connectivity index (χ1n) is 10.0. The summed E-state index contributed by atoms with van der Waals surface area (Å²) in [4.78, 5) is 29.8. The maximum Gasteiger partial charge on any atom is 0.339 e. The topological polar surface area (TPSA) is 68.3 Å². The summed E-state index contributed by atoms with van der Waals surface area (Å²) in [5.41, 5.74) is 3.72. The van der Waals surface area contributed by atoms with E-state index in [1.807, 2.05) is 91.9 Å². The van der Waals surface area contributed by atoms with Crippen LogP contribution in [0.1, 0.15) is 33.2 Å². The van der Waals surface area contributed by atoms with Crippen molar-refractivity contribution in [1.29, 1.82) is 0 Å². The normalized spacial score (nSPS) is 10.8. The van der Waals surface area contributed by atoms with Crippen LogP contribution in [0.25, 0.3) is 10.9 Å². The number of esters is 1. The number of amides is 1. The van der Waals surface area contributed by atoms with Crippen LogP contribution >= 0.6 is 0 Å². The predicted octanol–water partition coefficient (Wildman–Crippen LogP) is 4.61. The lowest BCUT2D eigenvalue weighted by molar-refractivity contribution is -0.124. The van der Waals surface area contributed by atoms with Crippen molar-refractivity contribution in [2.45, 2.75) is 13.0 Å². The quantitative estimate of drug-likeness (QED) is 0.472. The number of hydrogen-bond donors (Lipinski definition) is 1. The highest BCUT2D eigenvalue weighted by molar-refractivity contribution is 6.04. The second kappa shape index (κ2) is 9.22. The molecular formula is C26H22N2O3. The number of carbonyl (C=O) groups excluding carboxylic acids is 2. The van der Waals surface area contributed by atoms with Gasteiger partial charge < -0.3 is 10.1 Å². The van der Waals surface area contributed by atoms with Gasteiger partial charge in [0.05, 0.1) is 17.1 Å². The minimum atomic E-state index is -0.548. The second-order valence-corrected chi connectivity index (χ2v) is 7.23. The molecule has 0 radical (unpaired) electrons. The molecule has 3 aromatic carbocycles. The highest BCUT2D eigenvalue weighted by Gasteiger charge is 2.19. The van der Waals surface area contributed by atoms with Crippen molar-refractivity contribution in [3.05, 3.63) is 113 Å². The van der Waals surface area contributed by atoms with Gasteiger partial charge in [0.25, 0.3) is 5.91 Å². The lowest BCUT2D eigenvalue weighted by Crippen LogP contribution is -2.33. The van der Waals surface area contributed by atoms with E-state index in [9.17, 15) is 9.59 Å². The molecule has 0 spiro atoms. The minimum absolute atomic E-state index is 0.336. The third kappa shape index (κ3) is 4.78. The summed E-state index contributed by atoms with van der Waals surface area (Å²) in [6.07, 6.45) is 0. The number of pyridine rings is 1. The Balaban J connectivity index is 1.49. The number of rotatable bonds is 6. The molecular weight excluding hydrogens is 388 g/mol. The first-order chi connectivity index (χ1) is 15.1. The molecule has 1 amide bonds. The van der Waals surface area contributed by atoms with Gasteiger partial charge in [-0.25, -0.2) is 4.79 Å². The van der Waals surface area contributed by atoms with E-state index < -0.39 is 5.97 Å². The zero-order valence-corrected chi connectivity index (χ0v) is 17.1. The largest absolute Gasteiger partial charge is 0.452 e. The number of nitrogens with zero attached hydrogens (tertiary/aromatic N) is 1. The monoisotopic (exact) mass is 410 g/mol. The van der Waals surface area contributed by atoms with Gasteiger partial charge in [0, 0.05) is 11.1 Å². The van der Waals surface area contributed by atoms with Crippen molar-refractivity contribution in [1.82, 2.24) is 10.3 Å². The Morgan fingerprint density at radius 2 is 1.45 bits per heavy atom. The van der Waals surface area contributed by atoms with E-state index in [4.69, 9.17) is 4.74 Å². The number of fused-ring (bicyclic) bond motifs is 1.